The maximum Gasteiger partial charge on any atom is 0.305 e. The SMILES string of the molecule is CCCCC/C=C/CC/C=C/CC/C=C/C(O)C(COC1OC(CO)C(O)C(O)C1O)NC(=O)CCCCCCCCCCCCCCCCCCCOC(=O)CCCCCCCCCCCCC. The van der Waals surface area contributed by atoms with Gasteiger partial charge in [-0.3, -0.25) is 9.59 Å². The van der Waals surface area contributed by atoms with Crippen molar-refractivity contribution in [3.05, 3.63) is 36.5 Å². The van der Waals surface area contributed by atoms with E-state index in [2.05, 4.69) is 43.5 Å². The van der Waals surface area contributed by atoms with Crippen molar-refractivity contribution in [1.82, 2.24) is 5.32 Å². The highest BCUT2D eigenvalue weighted by Crippen LogP contribution is 2.23. The van der Waals surface area contributed by atoms with E-state index in [1.807, 2.05) is 6.08 Å². The third-order valence-electron chi connectivity index (χ3n) is 13.5. The summed E-state index contributed by atoms with van der Waals surface area (Å²) in [7, 11) is 0. The van der Waals surface area contributed by atoms with Crippen LogP contribution in [0.25, 0.3) is 0 Å². The summed E-state index contributed by atoms with van der Waals surface area (Å²) < 4.78 is 16.7. The molecule has 0 saturated carbocycles. The molecule has 11 nitrogen and oxygen atoms in total. The number of rotatable bonds is 49. The van der Waals surface area contributed by atoms with Gasteiger partial charge in [-0.2, -0.15) is 0 Å². The molecule has 1 amide bonds. The lowest BCUT2D eigenvalue weighted by Crippen LogP contribution is -2.60. The van der Waals surface area contributed by atoms with Crippen LogP contribution in [0.4, 0.5) is 0 Å². The Morgan fingerprint density at radius 1 is 0.522 bits per heavy atom. The fraction of sp³-hybridized carbons (Fsp3) is 0.862. The predicted octanol–water partition coefficient (Wildman–Crippen LogP) is 12.7. The standard InChI is InChI=1S/C58H107NO10/c1-3-5-7-9-11-13-15-21-25-28-32-36-40-44-51(61)50(49-68-58-57(66)56(65)55(64)52(48-60)69-58)59-53(62)45-41-37-33-29-26-22-19-17-16-18-20-23-27-31-35-39-43-47-67-54(63)46-42-38-34-30-24-14-12-10-8-6-4-2/h11,13,25,28,40,44,50-52,55-58,60-61,64-66H,3-10,12,14-24,26-27,29-39,41-43,45-49H2,1-2H3,(H,59,62)/b13-11+,28-25+,44-40+. The van der Waals surface area contributed by atoms with Crippen molar-refractivity contribution in [2.45, 2.75) is 301 Å². The molecule has 0 radical (unpaired) electrons. The van der Waals surface area contributed by atoms with Gasteiger partial charge < -0.3 is 45.1 Å². The summed E-state index contributed by atoms with van der Waals surface area (Å²) in [5, 5.41) is 54.3. The molecule has 0 aromatic heterocycles. The molecule has 7 atom stereocenters. The Bertz CT molecular complexity index is 1240. The highest BCUT2D eigenvalue weighted by Gasteiger charge is 2.44. The topological polar surface area (TPSA) is 175 Å². The van der Waals surface area contributed by atoms with Crippen LogP contribution in [0, 0.1) is 0 Å². The van der Waals surface area contributed by atoms with Crippen molar-refractivity contribution in [1.29, 1.82) is 0 Å². The summed E-state index contributed by atoms with van der Waals surface area (Å²) >= 11 is 0. The normalized spacial score (nSPS) is 19.6. The number of aliphatic hydroxyl groups excluding tert-OH is 5. The Balaban J connectivity index is 2.13. The van der Waals surface area contributed by atoms with Gasteiger partial charge in [-0.1, -0.05) is 224 Å². The summed E-state index contributed by atoms with van der Waals surface area (Å²) in [5.41, 5.74) is 0. The van der Waals surface area contributed by atoms with E-state index in [-0.39, 0.29) is 18.5 Å². The Hall–Kier alpha value is -2.12. The number of unbranched alkanes of at least 4 members (excludes halogenated alkanes) is 31. The van der Waals surface area contributed by atoms with E-state index >= 15 is 0 Å². The van der Waals surface area contributed by atoms with Gasteiger partial charge in [0.15, 0.2) is 6.29 Å². The van der Waals surface area contributed by atoms with E-state index in [4.69, 9.17) is 14.2 Å². The molecule has 404 valence electrons. The predicted molar refractivity (Wildman–Crippen MR) is 283 cm³/mol. The van der Waals surface area contributed by atoms with Gasteiger partial charge in [-0.05, 0) is 57.8 Å². The minimum Gasteiger partial charge on any atom is -0.466 e. The number of carbonyl (C=O) groups excluding carboxylic acids is 2. The third kappa shape index (κ3) is 38.2. The Morgan fingerprint density at radius 2 is 0.942 bits per heavy atom. The molecule has 1 aliphatic heterocycles. The number of hydrogen-bond acceptors (Lipinski definition) is 10. The van der Waals surface area contributed by atoms with Crippen molar-refractivity contribution in [3.8, 4) is 0 Å². The van der Waals surface area contributed by atoms with E-state index in [9.17, 15) is 35.1 Å². The first-order valence-electron chi connectivity index (χ1n) is 28.8. The molecule has 11 heteroatoms. The van der Waals surface area contributed by atoms with Crippen LogP contribution in [0.5, 0.6) is 0 Å². The van der Waals surface area contributed by atoms with Crippen LogP contribution in [0.3, 0.4) is 0 Å². The number of carbonyl (C=O) groups is 2. The van der Waals surface area contributed by atoms with Gasteiger partial charge in [0.2, 0.25) is 5.91 Å². The zero-order valence-corrected chi connectivity index (χ0v) is 44.3. The van der Waals surface area contributed by atoms with Crippen LogP contribution >= 0.6 is 0 Å². The van der Waals surface area contributed by atoms with Crippen molar-refractivity contribution in [2.75, 3.05) is 19.8 Å². The molecule has 7 unspecified atom stereocenters. The van der Waals surface area contributed by atoms with Crippen molar-refractivity contribution < 1.29 is 49.3 Å². The molecule has 69 heavy (non-hydrogen) atoms. The molecular weight excluding hydrogens is 871 g/mol. The van der Waals surface area contributed by atoms with Crippen molar-refractivity contribution in [3.63, 3.8) is 0 Å². The lowest BCUT2D eigenvalue weighted by molar-refractivity contribution is -0.302. The molecule has 0 spiro atoms. The van der Waals surface area contributed by atoms with Gasteiger partial charge in [-0.15, -0.1) is 0 Å². The molecule has 1 heterocycles. The zero-order valence-electron chi connectivity index (χ0n) is 44.3. The maximum atomic E-state index is 13.0. The first-order chi connectivity index (χ1) is 33.7. The quantitative estimate of drug-likeness (QED) is 0.0196. The number of aliphatic hydroxyl groups is 5. The molecule has 0 aromatic rings. The van der Waals surface area contributed by atoms with Crippen LogP contribution < -0.4 is 5.32 Å². The lowest BCUT2D eigenvalue weighted by Gasteiger charge is -2.40. The Kier molecular flexibility index (Phi) is 45.3. The molecule has 0 bridgehead atoms. The van der Waals surface area contributed by atoms with E-state index in [1.165, 1.54) is 148 Å². The molecule has 6 N–H and O–H groups in total. The van der Waals surface area contributed by atoms with Gasteiger partial charge in [0, 0.05) is 12.8 Å². The summed E-state index contributed by atoms with van der Waals surface area (Å²) in [4.78, 5) is 25.0. The second kappa shape index (κ2) is 48.2. The molecular formula is C58H107NO10. The Labute approximate surface area is 422 Å². The van der Waals surface area contributed by atoms with E-state index in [1.54, 1.807) is 6.08 Å². The van der Waals surface area contributed by atoms with E-state index in [0.717, 1.165) is 83.5 Å². The first kappa shape index (κ1) is 64.9. The number of amides is 1. The number of ether oxygens (including phenoxy) is 3. The van der Waals surface area contributed by atoms with Crippen LogP contribution in [-0.4, -0.2) is 100 Å². The van der Waals surface area contributed by atoms with Crippen molar-refractivity contribution >= 4 is 11.9 Å². The fourth-order valence-corrected chi connectivity index (χ4v) is 8.88. The Morgan fingerprint density at radius 3 is 1.43 bits per heavy atom. The number of allylic oxidation sites excluding steroid dienone is 5. The minimum absolute atomic E-state index is 0.0132. The molecule has 1 saturated heterocycles. The van der Waals surface area contributed by atoms with Crippen LogP contribution in [0.15, 0.2) is 36.5 Å². The first-order valence-corrected chi connectivity index (χ1v) is 28.8. The summed E-state index contributed by atoms with van der Waals surface area (Å²) in [6.45, 7) is 4.27. The molecule has 0 aliphatic carbocycles. The smallest absolute Gasteiger partial charge is 0.305 e. The van der Waals surface area contributed by atoms with Gasteiger partial charge in [-0.25, -0.2) is 0 Å². The second-order valence-corrected chi connectivity index (χ2v) is 20.0. The van der Waals surface area contributed by atoms with Crippen molar-refractivity contribution in [2.24, 2.45) is 0 Å². The van der Waals surface area contributed by atoms with Gasteiger partial charge in [0.1, 0.15) is 24.4 Å². The number of esters is 1. The van der Waals surface area contributed by atoms with Crippen LogP contribution in [0.2, 0.25) is 0 Å². The highest BCUT2D eigenvalue weighted by atomic mass is 16.7. The monoisotopic (exact) mass is 978 g/mol. The fourth-order valence-electron chi connectivity index (χ4n) is 8.88. The average Bonchev–Trinajstić information content (AvgIpc) is 3.34. The summed E-state index contributed by atoms with van der Waals surface area (Å²) in [5.74, 6) is -0.215. The minimum atomic E-state index is -1.58. The summed E-state index contributed by atoms with van der Waals surface area (Å²) in [6, 6.07) is -0.838. The molecule has 0 aromatic carbocycles. The lowest BCUT2D eigenvalue weighted by atomic mass is 9.99. The van der Waals surface area contributed by atoms with Gasteiger partial charge >= 0.3 is 5.97 Å². The maximum absolute atomic E-state index is 13.0. The highest BCUT2D eigenvalue weighted by molar-refractivity contribution is 5.76. The largest absolute Gasteiger partial charge is 0.466 e. The zero-order chi connectivity index (χ0) is 50.3. The van der Waals surface area contributed by atoms with E-state index < -0.39 is 49.5 Å². The molecule has 1 rings (SSSR count). The van der Waals surface area contributed by atoms with E-state index in [0.29, 0.717) is 19.4 Å². The third-order valence-corrected chi connectivity index (χ3v) is 13.5. The molecule has 1 aliphatic rings. The number of hydrogen-bond donors (Lipinski definition) is 6. The van der Waals surface area contributed by atoms with Crippen LogP contribution in [-0.2, 0) is 23.8 Å². The number of nitrogens with one attached hydrogen (secondary N) is 1. The summed E-state index contributed by atoms with van der Waals surface area (Å²) in [6.07, 6.45) is 48.0. The second-order valence-electron chi connectivity index (χ2n) is 20.0. The van der Waals surface area contributed by atoms with Gasteiger partial charge in [0.25, 0.3) is 0 Å². The molecule has 1 fully saturated rings. The van der Waals surface area contributed by atoms with Gasteiger partial charge in [0.05, 0.1) is 32.0 Å². The van der Waals surface area contributed by atoms with Crippen LogP contribution in [0.1, 0.15) is 258 Å². The average molecular weight is 978 g/mol.